The van der Waals surface area contributed by atoms with Gasteiger partial charge in [-0.2, -0.15) is 5.10 Å². The van der Waals surface area contributed by atoms with Crippen molar-refractivity contribution < 1.29 is 13.9 Å². The van der Waals surface area contributed by atoms with E-state index in [4.69, 9.17) is 0 Å². The molecule has 0 aliphatic carbocycles. The van der Waals surface area contributed by atoms with Crippen molar-refractivity contribution in [2.75, 3.05) is 5.75 Å². The minimum absolute atomic E-state index is 0.0237. The van der Waals surface area contributed by atoms with Crippen LogP contribution >= 0.6 is 21.6 Å². The molecule has 2 heterocycles. The second-order valence-corrected chi connectivity index (χ2v) is 9.84. The molecule has 1 aromatic carbocycles. The summed E-state index contributed by atoms with van der Waals surface area (Å²) in [6, 6.07) is 7.18. The number of aliphatic hydroxyl groups is 1. The molecule has 1 N–H and O–H groups in total. The zero-order valence-corrected chi connectivity index (χ0v) is 18.3. The van der Waals surface area contributed by atoms with Crippen molar-refractivity contribution in [1.29, 1.82) is 0 Å². The van der Waals surface area contributed by atoms with E-state index in [0.717, 1.165) is 43.2 Å². The van der Waals surface area contributed by atoms with E-state index in [2.05, 4.69) is 15.1 Å². The van der Waals surface area contributed by atoms with Crippen LogP contribution in [0.4, 0.5) is 8.78 Å². The molecule has 160 valence electrons. The van der Waals surface area contributed by atoms with Gasteiger partial charge in [-0.05, 0) is 62.1 Å². The highest BCUT2D eigenvalue weighted by molar-refractivity contribution is 8.76. The summed E-state index contributed by atoms with van der Waals surface area (Å²) in [5.41, 5.74) is -0.453. The van der Waals surface area contributed by atoms with Crippen LogP contribution in [-0.4, -0.2) is 35.9 Å². The van der Waals surface area contributed by atoms with Gasteiger partial charge in [0.1, 0.15) is 29.9 Å². The molecule has 0 fully saturated rings. The normalized spacial score (nSPS) is 14.4. The van der Waals surface area contributed by atoms with Crippen molar-refractivity contribution in [3.8, 4) is 0 Å². The largest absolute Gasteiger partial charge is 0.382 e. The van der Waals surface area contributed by atoms with Gasteiger partial charge in [-0.1, -0.05) is 21.6 Å². The topological polar surface area (TPSA) is 63.8 Å². The summed E-state index contributed by atoms with van der Waals surface area (Å²) in [6.45, 7) is 1.79. The second kappa shape index (κ2) is 10.9. The Balaban J connectivity index is 1.59. The number of aromatic nitrogens is 4. The van der Waals surface area contributed by atoms with E-state index < -0.39 is 22.5 Å². The molecule has 0 aliphatic rings. The highest BCUT2D eigenvalue weighted by atomic mass is 33.1. The van der Waals surface area contributed by atoms with Gasteiger partial charge in [-0.15, -0.1) is 0 Å². The van der Waals surface area contributed by atoms with Gasteiger partial charge in [0.05, 0.1) is 6.54 Å². The van der Waals surface area contributed by atoms with Crippen LogP contribution in [0.5, 0.6) is 0 Å². The van der Waals surface area contributed by atoms with Crippen LogP contribution in [-0.2, 0) is 18.6 Å². The Labute approximate surface area is 182 Å². The van der Waals surface area contributed by atoms with E-state index in [1.807, 2.05) is 19.1 Å². The van der Waals surface area contributed by atoms with E-state index in [9.17, 15) is 13.9 Å². The number of pyridine rings is 1. The predicted molar refractivity (Wildman–Crippen MR) is 117 cm³/mol. The molecule has 9 heteroatoms. The zero-order valence-electron chi connectivity index (χ0n) is 16.6. The summed E-state index contributed by atoms with van der Waals surface area (Å²) < 4.78 is 29.8. The van der Waals surface area contributed by atoms with Crippen LogP contribution in [0.1, 0.15) is 30.9 Å². The molecule has 2 atom stereocenters. The van der Waals surface area contributed by atoms with Crippen LogP contribution in [0.25, 0.3) is 0 Å². The van der Waals surface area contributed by atoms with E-state index >= 15 is 0 Å². The first-order chi connectivity index (χ1) is 14.5. The van der Waals surface area contributed by atoms with E-state index in [0.29, 0.717) is 0 Å². The summed E-state index contributed by atoms with van der Waals surface area (Å²) in [6.07, 6.45) is 9.44. The zero-order chi connectivity index (χ0) is 21.4. The van der Waals surface area contributed by atoms with Crippen molar-refractivity contribution in [3.05, 3.63) is 78.1 Å². The van der Waals surface area contributed by atoms with Gasteiger partial charge in [-0.3, -0.25) is 4.98 Å². The third-order valence-electron chi connectivity index (χ3n) is 4.84. The number of nitrogens with zero attached hydrogens (tertiary/aromatic N) is 4. The quantitative estimate of drug-likeness (QED) is 0.339. The van der Waals surface area contributed by atoms with Gasteiger partial charge in [0.25, 0.3) is 0 Å². The smallest absolute Gasteiger partial charge is 0.137 e. The van der Waals surface area contributed by atoms with E-state index in [1.165, 1.54) is 33.7 Å². The molecule has 5 nitrogen and oxygen atoms in total. The molecule has 30 heavy (non-hydrogen) atoms. The fourth-order valence-corrected chi connectivity index (χ4v) is 5.81. The molecular weight excluding hydrogens is 426 g/mol. The molecule has 0 bridgehead atoms. The summed E-state index contributed by atoms with van der Waals surface area (Å²) >= 11 is 0. The molecule has 0 unspecified atom stereocenters. The van der Waals surface area contributed by atoms with E-state index in [-0.39, 0.29) is 12.1 Å². The average molecular weight is 451 g/mol. The lowest BCUT2D eigenvalue weighted by Gasteiger charge is -2.34. The molecule has 0 aliphatic heterocycles. The highest BCUT2D eigenvalue weighted by Gasteiger charge is 2.40. The van der Waals surface area contributed by atoms with Crippen molar-refractivity contribution in [1.82, 2.24) is 19.7 Å². The lowest BCUT2D eigenvalue weighted by atomic mass is 9.90. The Kier molecular flexibility index (Phi) is 8.24. The summed E-state index contributed by atoms with van der Waals surface area (Å²) in [5, 5.41) is 15.1. The first-order valence-electron chi connectivity index (χ1n) is 9.66. The average Bonchev–Trinajstić information content (AvgIpc) is 3.25. The van der Waals surface area contributed by atoms with Crippen LogP contribution in [0, 0.1) is 11.6 Å². The highest BCUT2D eigenvalue weighted by Crippen LogP contribution is 2.41. The standard InChI is InChI=1S/C21H24F2N4OS2/c1-16(30-29-11-3-2-4-17-7-9-24-10-8-17)21(28,13-27-15-25-14-26-27)19-12-18(22)5-6-20(19)23/h5-10,12,14-16,28H,2-4,11,13H2,1H3/t16-,21-/m1/s1. The molecule has 0 spiro atoms. The van der Waals surface area contributed by atoms with Gasteiger partial charge >= 0.3 is 0 Å². The maximum atomic E-state index is 14.5. The van der Waals surface area contributed by atoms with Gasteiger partial charge in [0.15, 0.2) is 0 Å². The number of benzene rings is 1. The fraction of sp³-hybridized carbons (Fsp3) is 0.381. The Bertz CT molecular complexity index is 915. The first-order valence-corrected chi connectivity index (χ1v) is 12.0. The number of aryl methyl sites for hydroxylation is 1. The Morgan fingerprint density at radius 1 is 1.13 bits per heavy atom. The molecule has 3 aromatic rings. The third kappa shape index (κ3) is 6.02. The van der Waals surface area contributed by atoms with Crippen molar-refractivity contribution in [2.24, 2.45) is 0 Å². The number of rotatable bonds is 11. The predicted octanol–water partition coefficient (Wildman–Crippen LogP) is 4.63. The number of halogens is 2. The first kappa shape index (κ1) is 22.7. The fourth-order valence-electron chi connectivity index (χ4n) is 3.09. The minimum atomic E-state index is -1.64. The summed E-state index contributed by atoms with van der Waals surface area (Å²) in [7, 11) is 3.09. The monoisotopic (exact) mass is 450 g/mol. The lowest BCUT2D eigenvalue weighted by molar-refractivity contribution is 0.0135. The Hall–Kier alpha value is -1.97. The van der Waals surface area contributed by atoms with Crippen molar-refractivity contribution in [3.63, 3.8) is 0 Å². The summed E-state index contributed by atoms with van der Waals surface area (Å²) in [4.78, 5) is 7.89. The van der Waals surface area contributed by atoms with Gasteiger partial charge in [-0.25, -0.2) is 18.4 Å². The molecular formula is C21H24F2N4OS2. The van der Waals surface area contributed by atoms with Gasteiger partial charge < -0.3 is 5.11 Å². The van der Waals surface area contributed by atoms with Crippen molar-refractivity contribution >= 4 is 21.6 Å². The van der Waals surface area contributed by atoms with Crippen molar-refractivity contribution in [2.45, 2.75) is 43.6 Å². The maximum absolute atomic E-state index is 14.5. The maximum Gasteiger partial charge on any atom is 0.137 e. The molecule has 0 saturated carbocycles. The van der Waals surface area contributed by atoms with Gasteiger partial charge in [0.2, 0.25) is 0 Å². The second-order valence-electron chi connectivity index (χ2n) is 7.01. The van der Waals surface area contributed by atoms with Crippen LogP contribution in [0.2, 0.25) is 0 Å². The SMILES string of the molecule is C[C@@H](SSCCCCc1ccncc1)[C@](O)(Cn1cncn1)c1cc(F)ccc1F. The lowest BCUT2D eigenvalue weighted by Crippen LogP contribution is -2.41. The third-order valence-corrected chi connectivity index (χ3v) is 7.89. The molecule has 3 rings (SSSR count). The van der Waals surface area contributed by atoms with E-state index in [1.54, 1.807) is 23.2 Å². The summed E-state index contributed by atoms with van der Waals surface area (Å²) in [5.74, 6) is -0.344. The number of unbranched alkanes of at least 4 members (excludes halogenated alkanes) is 1. The molecule has 0 saturated heterocycles. The minimum Gasteiger partial charge on any atom is -0.382 e. The molecule has 2 aromatic heterocycles. The van der Waals surface area contributed by atoms with Crippen LogP contribution < -0.4 is 0 Å². The van der Waals surface area contributed by atoms with Gasteiger partial charge in [0, 0.05) is 29.0 Å². The van der Waals surface area contributed by atoms with Crippen LogP contribution in [0.15, 0.2) is 55.4 Å². The molecule has 0 radical (unpaired) electrons. The molecule has 0 amide bonds. The number of hydrogen-bond donors (Lipinski definition) is 1. The Morgan fingerprint density at radius 3 is 2.67 bits per heavy atom. The number of hydrogen-bond acceptors (Lipinski definition) is 6. The Morgan fingerprint density at radius 2 is 1.93 bits per heavy atom. The van der Waals surface area contributed by atoms with Crippen LogP contribution in [0.3, 0.4) is 0 Å².